The van der Waals surface area contributed by atoms with Crippen molar-refractivity contribution in [2.24, 2.45) is 5.73 Å². The molecule has 3 amide bonds. The van der Waals surface area contributed by atoms with E-state index < -0.39 is 5.91 Å². The van der Waals surface area contributed by atoms with Crippen molar-refractivity contribution in [3.63, 3.8) is 0 Å². The Balaban J connectivity index is 1.62. The van der Waals surface area contributed by atoms with Gasteiger partial charge >= 0.3 is 6.03 Å². The van der Waals surface area contributed by atoms with Gasteiger partial charge < -0.3 is 30.2 Å². The number of ether oxygens (including phenoxy) is 3. The van der Waals surface area contributed by atoms with Gasteiger partial charge in [-0.3, -0.25) is 9.78 Å². The molecule has 0 radical (unpaired) electrons. The largest absolute Gasteiger partial charge is 0.493 e. The zero-order valence-electron chi connectivity index (χ0n) is 16.4. The molecule has 3 N–H and O–H groups in total. The predicted molar refractivity (Wildman–Crippen MR) is 107 cm³/mol. The fourth-order valence-corrected chi connectivity index (χ4v) is 3.15. The minimum Gasteiger partial charge on any atom is -0.493 e. The minimum atomic E-state index is -0.616. The molecule has 2 heterocycles. The highest BCUT2D eigenvalue weighted by molar-refractivity contribution is 5.91. The Labute approximate surface area is 168 Å². The van der Waals surface area contributed by atoms with Gasteiger partial charge in [0.05, 0.1) is 20.8 Å². The number of carbonyl (C=O) groups excluding carboxylic acids is 2. The van der Waals surface area contributed by atoms with E-state index in [0.717, 1.165) is 12.8 Å². The number of hydrogen-bond acceptors (Lipinski definition) is 6. The van der Waals surface area contributed by atoms with Crippen LogP contribution in [-0.2, 0) is 0 Å². The molecule has 0 aliphatic carbocycles. The van der Waals surface area contributed by atoms with Crippen molar-refractivity contribution >= 4 is 17.6 Å². The second-order valence-electron chi connectivity index (χ2n) is 6.57. The van der Waals surface area contributed by atoms with Crippen molar-refractivity contribution in [3.8, 4) is 17.2 Å². The van der Waals surface area contributed by atoms with Gasteiger partial charge in [-0.1, -0.05) is 0 Å². The number of nitrogens with two attached hydrogens (primary N) is 1. The quantitative estimate of drug-likeness (QED) is 0.768. The number of aromatic nitrogens is 1. The van der Waals surface area contributed by atoms with Crippen molar-refractivity contribution < 1.29 is 23.8 Å². The van der Waals surface area contributed by atoms with Gasteiger partial charge in [0.2, 0.25) is 0 Å². The second kappa shape index (κ2) is 9.13. The van der Waals surface area contributed by atoms with E-state index >= 15 is 0 Å². The maximum absolute atomic E-state index is 12.7. The maximum Gasteiger partial charge on any atom is 0.321 e. The van der Waals surface area contributed by atoms with Crippen LogP contribution >= 0.6 is 0 Å². The molecule has 0 saturated carbocycles. The molecular formula is C20H24N4O5. The number of carbonyl (C=O) groups is 2. The van der Waals surface area contributed by atoms with Gasteiger partial charge in [0, 0.05) is 30.6 Å². The summed E-state index contributed by atoms with van der Waals surface area (Å²) in [4.78, 5) is 29.5. The monoisotopic (exact) mass is 400 g/mol. The number of primary amides is 1. The lowest BCUT2D eigenvalue weighted by molar-refractivity contribution is 0.0989. The smallest absolute Gasteiger partial charge is 0.321 e. The molecule has 9 heteroatoms. The van der Waals surface area contributed by atoms with Crippen molar-refractivity contribution in [3.05, 3.63) is 42.2 Å². The highest BCUT2D eigenvalue weighted by Crippen LogP contribution is 2.30. The molecule has 1 aromatic heterocycles. The first kappa shape index (κ1) is 20.2. The molecule has 29 heavy (non-hydrogen) atoms. The van der Waals surface area contributed by atoms with Crippen molar-refractivity contribution in [2.45, 2.75) is 18.9 Å². The number of pyridine rings is 1. The normalized spacial score (nSPS) is 16.1. The van der Waals surface area contributed by atoms with Crippen molar-refractivity contribution in [1.82, 2.24) is 9.88 Å². The first-order valence-electron chi connectivity index (χ1n) is 9.20. The van der Waals surface area contributed by atoms with Gasteiger partial charge in [-0.25, -0.2) is 4.79 Å². The number of rotatable bonds is 6. The third-order valence-corrected chi connectivity index (χ3v) is 4.59. The Morgan fingerprint density at radius 3 is 2.69 bits per heavy atom. The molecule has 1 saturated heterocycles. The summed E-state index contributed by atoms with van der Waals surface area (Å²) in [6.07, 6.45) is 2.88. The molecule has 1 unspecified atom stereocenters. The molecular weight excluding hydrogens is 376 g/mol. The molecule has 2 aromatic rings. The number of piperidine rings is 1. The van der Waals surface area contributed by atoms with E-state index in [2.05, 4.69) is 10.3 Å². The molecule has 1 aromatic carbocycles. The van der Waals surface area contributed by atoms with Gasteiger partial charge in [-0.15, -0.1) is 0 Å². The van der Waals surface area contributed by atoms with Gasteiger partial charge in [-0.05, 0) is 31.0 Å². The van der Waals surface area contributed by atoms with Crippen LogP contribution < -0.4 is 25.3 Å². The fraction of sp³-hybridized carbons (Fsp3) is 0.350. The van der Waals surface area contributed by atoms with Crippen LogP contribution in [0.4, 0.5) is 10.5 Å². The third kappa shape index (κ3) is 5.07. The number of anilines is 1. The average molecular weight is 400 g/mol. The predicted octanol–water partition coefficient (Wildman–Crippen LogP) is 2.27. The van der Waals surface area contributed by atoms with E-state index in [0.29, 0.717) is 36.0 Å². The van der Waals surface area contributed by atoms with Crippen LogP contribution in [0, 0.1) is 0 Å². The summed E-state index contributed by atoms with van der Waals surface area (Å²) in [5.41, 5.74) is 6.00. The summed E-state index contributed by atoms with van der Waals surface area (Å²) in [5, 5.41) is 2.87. The number of amides is 3. The molecule has 3 rings (SSSR count). The first-order chi connectivity index (χ1) is 14.0. The van der Waals surface area contributed by atoms with Crippen molar-refractivity contribution in [2.75, 3.05) is 32.6 Å². The maximum atomic E-state index is 12.7. The zero-order valence-corrected chi connectivity index (χ0v) is 16.4. The summed E-state index contributed by atoms with van der Waals surface area (Å²) >= 11 is 0. The highest BCUT2D eigenvalue weighted by Gasteiger charge is 2.25. The van der Waals surface area contributed by atoms with Crippen LogP contribution in [0.15, 0.2) is 36.5 Å². The number of benzene rings is 1. The van der Waals surface area contributed by atoms with Gasteiger partial charge in [0.25, 0.3) is 5.91 Å². The summed E-state index contributed by atoms with van der Waals surface area (Å²) in [5.74, 6) is 1.01. The van der Waals surface area contributed by atoms with E-state index in [4.69, 9.17) is 19.9 Å². The number of hydrogen-bond donors (Lipinski definition) is 2. The van der Waals surface area contributed by atoms with E-state index in [1.54, 1.807) is 43.4 Å². The zero-order chi connectivity index (χ0) is 20.8. The Bertz CT molecular complexity index is 889. The molecule has 1 atom stereocenters. The molecule has 9 nitrogen and oxygen atoms in total. The van der Waals surface area contributed by atoms with Crippen LogP contribution in [0.5, 0.6) is 17.2 Å². The lowest BCUT2D eigenvalue weighted by Crippen LogP contribution is -2.46. The molecule has 1 aliphatic heterocycles. The fourth-order valence-electron chi connectivity index (χ4n) is 3.15. The average Bonchev–Trinajstić information content (AvgIpc) is 2.74. The number of urea groups is 1. The van der Waals surface area contributed by atoms with E-state index in [1.807, 2.05) is 0 Å². The van der Waals surface area contributed by atoms with Crippen LogP contribution in [0.1, 0.15) is 23.3 Å². The molecule has 0 spiro atoms. The highest BCUT2D eigenvalue weighted by atomic mass is 16.5. The molecule has 1 fully saturated rings. The third-order valence-electron chi connectivity index (χ3n) is 4.59. The molecule has 154 valence electrons. The second-order valence-corrected chi connectivity index (χ2v) is 6.57. The summed E-state index contributed by atoms with van der Waals surface area (Å²) in [6.45, 7) is 1.05. The summed E-state index contributed by atoms with van der Waals surface area (Å²) in [6, 6.07) is 8.13. The van der Waals surface area contributed by atoms with E-state index in [-0.39, 0.29) is 17.8 Å². The van der Waals surface area contributed by atoms with Crippen LogP contribution in [0.2, 0.25) is 0 Å². The van der Waals surface area contributed by atoms with Gasteiger partial charge in [-0.2, -0.15) is 0 Å². The van der Waals surface area contributed by atoms with Crippen LogP contribution in [-0.4, -0.2) is 55.2 Å². The lowest BCUT2D eigenvalue weighted by atomic mass is 10.1. The minimum absolute atomic E-state index is 0.140. The first-order valence-corrected chi connectivity index (χ1v) is 9.20. The topological polar surface area (TPSA) is 116 Å². The van der Waals surface area contributed by atoms with Gasteiger partial charge in [0.15, 0.2) is 11.5 Å². The Kier molecular flexibility index (Phi) is 6.38. The van der Waals surface area contributed by atoms with E-state index in [9.17, 15) is 9.59 Å². The number of nitrogens with one attached hydrogen (secondary N) is 1. The Hall–Kier alpha value is -3.49. The molecule has 1 aliphatic rings. The lowest BCUT2D eigenvalue weighted by Gasteiger charge is -2.33. The van der Waals surface area contributed by atoms with E-state index in [1.165, 1.54) is 12.3 Å². The number of nitrogens with zero attached hydrogens (tertiary/aromatic N) is 2. The number of likely N-dealkylation sites (tertiary alicyclic amines) is 1. The summed E-state index contributed by atoms with van der Waals surface area (Å²) in [7, 11) is 3.10. The van der Waals surface area contributed by atoms with Crippen molar-refractivity contribution in [1.29, 1.82) is 0 Å². The molecule has 0 bridgehead atoms. The van der Waals surface area contributed by atoms with Crippen LogP contribution in [0.25, 0.3) is 0 Å². The Morgan fingerprint density at radius 1 is 1.17 bits per heavy atom. The standard InChI is InChI=1S/C20H24N4O5/c1-27-17-6-5-13(10-18(17)28-2)23-20(26)24-9-3-4-15(12-24)29-14-7-8-22-16(11-14)19(21)25/h5-8,10-11,15H,3-4,9,12H2,1-2H3,(H2,21,25)(H,23,26). The summed E-state index contributed by atoms with van der Waals surface area (Å²) < 4.78 is 16.4. The Morgan fingerprint density at radius 2 is 1.97 bits per heavy atom. The number of methoxy groups -OCH3 is 2. The van der Waals surface area contributed by atoms with Gasteiger partial charge in [0.1, 0.15) is 17.5 Å². The SMILES string of the molecule is COc1ccc(NC(=O)N2CCCC(Oc3ccnc(C(N)=O)c3)C2)cc1OC. The van der Waals surface area contributed by atoms with Crippen LogP contribution in [0.3, 0.4) is 0 Å².